The van der Waals surface area contributed by atoms with Crippen LogP contribution >= 0.6 is 11.6 Å². The number of methoxy groups -OCH3 is 2. The van der Waals surface area contributed by atoms with Crippen molar-refractivity contribution in [2.24, 2.45) is 0 Å². The van der Waals surface area contributed by atoms with Gasteiger partial charge in [0.25, 0.3) is 5.91 Å². The number of aromatic hydroxyl groups is 1. The second-order valence-electron chi connectivity index (χ2n) is 6.01. The second-order valence-corrected chi connectivity index (χ2v) is 6.42. The van der Waals surface area contributed by atoms with Crippen molar-refractivity contribution in [2.45, 2.75) is 12.3 Å². The molecule has 1 heterocycles. The maximum atomic E-state index is 12.7. The Kier molecular flexibility index (Phi) is 5.04. The van der Waals surface area contributed by atoms with Gasteiger partial charge in [0, 0.05) is 30.1 Å². The molecule has 1 saturated heterocycles. The van der Waals surface area contributed by atoms with Crippen molar-refractivity contribution >= 4 is 17.5 Å². The molecule has 2 aromatic carbocycles. The third kappa shape index (κ3) is 3.51. The van der Waals surface area contributed by atoms with Gasteiger partial charge in [-0.05, 0) is 42.8 Å². The molecule has 1 aliphatic rings. The maximum absolute atomic E-state index is 12.7. The normalized spacial score (nSPS) is 16.8. The van der Waals surface area contributed by atoms with Gasteiger partial charge in [-0.3, -0.25) is 4.79 Å². The highest BCUT2D eigenvalue weighted by molar-refractivity contribution is 6.32. The van der Waals surface area contributed by atoms with Crippen LogP contribution in [0, 0.1) is 0 Å². The van der Waals surface area contributed by atoms with Crippen LogP contribution in [0.5, 0.6) is 17.2 Å². The Balaban J connectivity index is 1.79. The summed E-state index contributed by atoms with van der Waals surface area (Å²) >= 11 is 5.91. The van der Waals surface area contributed by atoms with Crippen molar-refractivity contribution in [3.63, 3.8) is 0 Å². The number of phenolic OH excluding ortho intramolecular Hbond substituents is 1. The van der Waals surface area contributed by atoms with Gasteiger partial charge in [-0.25, -0.2) is 0 Å². The smallest absolute Gasteiger partial charge is 0.253 e. The molecular formula is C19H20ClNO4. The summed E-state index contributed by atoms with van der Waals surface area (Å²) in [6.07, 6.45) is 0.848. The molecule has 1 N–H and O–H groups in total. The molecule has 0 aromatic heterocycles. The summed E-state index contributed by atoms with van der Waals surface area (Å²) in [5, 5.41) is 9.68. The minimum atomic E-state index is -0.0914. The van der Waals surface area contributed by atoms with E-state index in [9.17, 15) is 9.90 Å². The van der Waals surface area contributed by atoms with Crippen LogP contribution < -0.4 is 9.47 Å². The number of phenols is 1. The summed E-state index contributed by atoms with van der Waals surface area (Å²) in [6.45, 7) is 1.25. The fourth-order valence-corrected chi connectivity index (χ4v) is 3.36. The van der Waals surface area contributed by atoms with Gasteiger partial charge < -0.3 is 19.5 Å². The largest absolute Gasteiger partial charge is 0.506 e. The highest BCUT2D eigenvalue weighted by Gasteiger charge is 2.30. The third-order valence-corrected chi connectivity index (χ3v) is 4.85. The highest BCUT2D eigenvalue weighted by Crippen LogP contribution is 2.36. The Morgan fingerprint density at radius 3 is 2.68 bits per heavy atom. The number of hydrogen-bond donors (Lipinski definition) is 1. The summed E-state index contributed by atoms with van der Waals surface area (Å²) in [5.41, 5.74) is 1.52. The summed E-state index contributed by atoms with van der Waals surface area (Å²) in [7, 11) is 3.27. The summed E-state index contributed by atoms with van der Waals surface area (Å²) < 4.78 is 10.8. The highest BCUT2D eigenvalue weighted by atomic mass is 35.5. The Labute approximate surface area is 151 Å². The van der Waals surface area contributed by atoms with Crippen molar-refractivity contribution in [1.82, 2.24) is 4.90 Å². The minimum absolute atomic E-state index is 0.0290. The quantitative estimate of drug-likeness (QED) is 0.902. The number of rotatable bonds is 4. The van der Waals surface area contributed by atoms with Gasteiger partial charge in [-0.2, -0.15) is 0 Å². The molecule has 25 heavy (non-hydrogen) atoms. The van der Waals surface area contributed by atoms with Crippen molar-refractivity contribution in [2.75, 3.05) is 27.3 Å². The maximum Gasteiger partial charge on any atom is 0.253 e. The van der Waals surface area contributed by atoms with E-state index in [1.54, 1.807) is 25.2 Å². The molecule has 1 amide bonds. The summed E-state index contributed by atoms with van der Waals surface area (Å²) in [4.78, 5) is 14.5. The zero-order valence-electron chi connectivity index (χ0n) is 14.2. The number of carbonyl (C=O) groups excluding carboxylic acids is 1. The average Bonchev–Trinajstić information content (AvgIpc) is 3.12. The first-order valence-corrected chi connectivity index (χ1v) is 8.41. The van der Waals surface area contributed by atoms with Crippen molar-refractivity contribution in [1.29, 1.82) is 0 Å². The molecule has 0 saturated carbocycles. The molecule has 1 aliphatic heterocycles. The number of likely N-dealkylation sites (tertiary alicyclic amines) is 1. The van der Waals surface area contributed by atoms with E-state index in [-0.39, 0.29) is 22.6 Å². The van der Waals surface area contributed by atoms with E-state index in [1.165, 1.54) is 12.1 Å². The molecule has 0 spiro atoms. The Hall–Kier alpha value is -2.40. The van der Waals surface area contributed by atoms with Crippen LogP contribution in [0.3, 0.4) is 0 Å². The van der Waals surface area contributed by atoms with Gasteiger partial charge in [0.05, 0.1) is 19.2 Å². The fourth-order valence-electron chi connectivity index (χ4n) is 3.18. The van der Waals surface area contributed by atoms with Crippen molar-refractivity contribution < 1.29 is 19.4 Å². The van der Waals surface area contributed by atoms with Crippen LogP contribution in [0.25, 0.3) is 0 Å². The van der Waals surface area contributed by atoms with Gasteiger partial charge in [-0.1, -0.05) is 11.6 Å². The van der Waals surface area contributed by atoms with E-state index in [0.717, 1.165) is 23.5 Å². The van der Waals surface area contributed by atoms with E-state index in [0.29, 0.717) is 18.7 Å². The first-order valence-electron chi connectivity index (χ1n) is 8.03. The molecule has 132 valence electrons. The molecule has 6 heteroatoms. The van der Waals surface area contributed by atoms with Crippen LogP contribution in [0.4, 0.5) is 0 Å². The number of amides is 1. The molecule has 1 atom stereocenters. The lowest BCUT2D eigenvalue weighted by molar-refractivity contribution is 0.0790. The lowest BCUT2D eigenvalue weighted by Crippen LogP contribution is -2.28. The lowest BCUT2D eigenvalue weighted by atomic mass is 9.97. The number of halogens is 1. The van der Waals surface area contributed by atoms with E-state index in [4.69, 9.17) is 21.1 Å². The van der Waals surface area contributed by atoms with Crippen LogP contribution in [0.2, 0.25) is 5.02 Å². The molecule has 0 bridgehead atoms. The fraction of sp³-hybridized carbons (Fsp3) is 0.316. The minimum Gasteiger partial charge on any atom is -0.506 e. The van der Waals surface area contributed by atoms with Crippen LogP contribution in [0.15, 0.2) is 36.4 Å². The SMILES string of the molecule is COc1ccc(OC)c([C@@H]2CCN(C(=O)c3ccc(O)c(Cl)c3)C2)c1. The first kappa shape index (κ1) is 17.4. The predicted molar refractivity (Wildman–Crippen MR) is 95.9 cm³/mol. The molecule has 0 unspecified atom stereocenters. The van der Waals surface area contributed by atoms with Gasteiger partial charge >= 0.3 is 0 Å². The van der Waals surface area contributed by atoms with Crippen LogP contribution in [-0.2, 0) is 0 Å². The standard InChI is InChI=1S/C19H20ClNO4/c1-24-14-4-6-18(25-2)15(10-14)13-7-8-21(11-13)19(23)12-3-5-17(22)16(20)9-12/h3-6,9-10,13,22H,7-8,11H2,1-2H3/t13-/m1/s1. The Morgan fingerprint density at radius 2 is 2.00 bits per heavy atom. The van der Waals surface area contributed by atoms with E-state index >= 15 is 0 Å². The topological polar surface area (TPSA) is 59.0 Å². The van der Waals surface area contributed by atoms with Gasteiger partial charge in [0.2, 0.25) is 0 Å². The third-order valence-electron chi connectivity index (χ3n) is 4.55. The zero-order valence-corrected chi connectivity index (χ0v) is 14.9. The molecule has 1 fully saturated rings. The van der Waals surface area contributed by atoms with Crippen molar-refractivity contribution in [3.8, 4) is 17.2 Å². The zero-order chi connectivity index (χ0) is 18.0. The summed E-state index contributed by atoms with van der Waals surface area (Å²) in [5.74, 6) is 1.63. The van der Waals surface area contributed by atoms with E-state index in [2.05, 4.69) is 0 Å². The average molecular weight is 362 g/mol. The van der Waals surface area contributed by atoms with E-state index < -0.39 is 0 Å². The number of hydrogen-bond acceptors (Lipinski definition) is 4. The molecule has 3 rings (SSSR count). The van der Waals surface area contributed by atoms with Crippen molar-refractivity contribution in [3.05, 3.63) is 52.5 Å². The molecular weight excluding hydrogens is 342 g/mol. The number of ether oxygens (including phenoxy) is 2. The van der Waals surface area contributed by atoms with Gasteiger partial charge in [-0.15, -0.1) is 0 Å². The Bertz CT molecular complexity index is 793. The molecule has 5 nitrogen and oxygen atoms in total. The second kappa shape index (κ2) is 7.23. The van der Waals surface area contributed by atoms with Gasteiger partial charge in [0.1, 0.15) is 17.2 Å². The van der Waals surface area contributed by atoms with Gasteiger partial charge in [0.15, 0.2) is 0 Å². The molecule has 2 aromatic rings. The monoisotopic (exact) mass is 361 g/mol. The predicted octanol–water partition coefficient (Wildman–Crippen LogP) is 3.69. The number of nitrogens with zero attached hydrogens (tertiary/aromatic N) is 1. The first-order chi connectivity index (χ1) is 12.0. The lowest BCUT2D eigenvalue weighted by Gasteiger charge is -2.19. The Morgan fingerprint density at radius 1 is 1.20 bits per heavy atom. The van der Waals surface area contributed by atoms with Crippen LogP contribution in [0.1, 0.15) is 28.3 Å². The van der Waals surface area contributed by atoms with E-state index in [1.807, 2.05) is 18.2 Å². The number of benzene rings is 2. The number of carbonyl (C=O) groups is 1. The van der Waals surface area contributed by atoms with Crippen LogP contribution in [-0.4, -0.2) is 43.2 Å². The summed E-state index contributed by atoms with van der Waals surface area (Å²) in [6, 6.07) is 10.2. The molecule has 0 radical (unpaired) electrons. The molecule has 0 aliphatic carbocycles.